The summed E-state index contributed by atoms with van der Waals surface area (Å²) in [5.74, 6) is 0.691. The summed E-state index contributed by atoms with van der Waals surface area (Å²) < 4.78 is 0. The van der Waals surface area contributed by atoms with Gasteiger partial charge < -0.3 is 10.6 Å². The van der Waals surface area contributed by atoms with Gasteiger partial charge >= 0.3 is 0 Å². The molecule has 1 amide bonds. The lowest BCUT2D eigenvalue weighted by molar-refractivity contribution is -0.117. The number of aryl methyl sites for hydroxylation is 2. The van der Waals surface area contributed by atoms with Gasteiger partial charge in [0.1, 0.15) is 0 Å². The number of amides is 1. The van der Waals surface area contributed by atoms with E-state index in [0.717, 1.165) is 17.8 Å². The van der Waals surface area contributed by atoms with Gasteiger partial charge in [0, 0.05) is 18.2 Å². The second kappa shape index (κ2) is 6.20. The molecular weight excluding hydrogens is 236 g/mol. The fraction of sp³-hybridized carbons (Fsp3) is 0.562. The van der Waals surface area contributed by atoms with Gasteiger partial charge in [0.25, 0.3) is 0 Å². The van der Waals surface area contributed by atoms with E-state index in [-0.39, 0.29) is 5.91 Å². The van der Waals surface area contributed by atoms with Crippen LogP contribution in [-0.2, 0) is 4.79 Å². The van der Waals surface area contributed by atoms with Crippen LogP contribution in [0.25, 0.3) is 0 Å². The lowest BCUT2D eigenvalue weighted by Crippen LogP contribution is -2.42. The fourth-order valence-electron chi connectivity index (χ4n) is 2.74. The molecule has 1 heterocycles. The normalized spacial score (nSPS) is 23.1. The summed E-state index contributed by atoms with van der Waals surface area (Å²) in [5.41, 5.74) is 3.27. The Morgan fingerprint density at radius 2 is 2.21 bits per heavy atom. The molecule has 0 aliphatic carbocycles. The quantitative estimate of drug-likeness (QED) is 0.877. The summed E-state index contributed by atoms with van der Waals surface area (Å²) in [5, 5.41) is 6.47. The summed E-state index contributed by atoms with van der Waals surface area (Å²) in [6.45, 7) is 7.35. The largest absolute Gasteiger partial charge is 0.326 e. The molecule has 0 spiro atoms. The van der Waals surface area contributed by atoms with Gasteiger partial charge in [-0.1, -0.05) is 24.6 Å². The molecule has 2 N–H and O–H groups in total. The molecule has 0 saturated carbocycles. The second-order valence-electron chi connectivity index (χ2n) is 5.75. The maximum absolute atomic E-state index is 12.1. The van der Waals surface area contributed by atoms with Gasteiger partial charge in [-0.05, 0) is 50.8 Å². The molecule has 0 bridgehead atoms. The van der Waals surface area contributed by atoms with Gasteiger partial charge in [0.2, 0.25) is 5.91 Å². The molecule has 0 radical (unpaired) electrons. The Labute approximate surface area is 115 Å². The molecule has 1 fully saturated rings. The average Bonchev–Trinajstić information content (AvgIpc) is 2.36. The molecule has 1 aliphatic heterocycles. The van der Waals surface area contributed by atoms with Crippen molar-refractivity contribution in [1.29, 1.82) is 0 Å². The molecule has 0 aromatic heterocycles. The van der Waals surface area contributed by atoms with Crippen molar-refractivity contribution in [3.05, 3.63) is 29.3 Å². The van der Waals surface area contributed by atoms with Gasteiger partial charge in [-0.2, -0.15) is 0 Å². The van der Waals surface area contributed by atoms with Crippen LogP contribution in [0.5, 0.6) is 0 Å². The number of benzene rings is 1. The van der Waals surface area contributed by atoms with Crippen LogP contribution >= 0.6 is 0 Å². The number of hydrogen-bond donors (Lipinski definition) is 2. The number of rotatable bonds is 3. The van der Waals surface area contributed by atoms with Gasteiger partial charge in [-0.25, -0.2) is 0 Å². The molecular formula is C16H24N2O. The second-order valence-corrected chi connectivity index (χ2v) is 5.75. The Balaban J connectivity index is 1.93. The Hall–Kier alpha value is -1.35. The van der Waals surface area contributed by atoms with Crippen LogP contribution in [0.4, 0.5) is 5.69 Å². The van der Waals surface area contributed by atoms with E-state index in [1.54, 1.807) is 0 Å². The highest BCUT2D eigenvalue weighted by atomic mass is 16.1. The van der Waals surface area contributed by atoms with E-state index >= 15 is 0 Å². The third-order valence-electron chi connectivity index (χ3n) is 3.99. The monoisotopic (exact) mass is 260 g/mol. The Kier molecular flexibility index (Phi) is 4.59. The molecule has 1 saturated heterocycles. The lowest BCUT2D eigenvalue weighted by Gasteiger charge is -2.29. The highest BCUT2D eigenvalue weighted by Gasteiger charge is 2.23. The van der Waals surface area contributed by atoms with Crippen molar-refractivity contribution in [2.24, 2.45) is 5.92 Å². The molecule has 2 unspecified atom stereocenters. The number of hydrogen-bond acceptors (Lipinski definition) is 2. The summed E-state index contributed by atoms with van der Waals surface area (Å²) in [7, 11) is 0. The number of anilines is 1. The highest BCUT2D eigenvalue weighted by molar-refractivity contribution is 5.91. The summed E-state index contributed by atoms with van der Waals surface area (Å²) >= 11 is 0. The molecule has 19 heavy (non-hydrogen) atoms. The lowest BCUT2D eigenvalue weighted by atomic mass is 9.90. The first-order valence-corrected chi connectivity index (χ1v) is 7.17. The summed E-state index contributed by atoms with van der Waals surface area (Å²) in [6.07, 6.45) is 3.00. The first-order chi connectivity index (χ1) is 9.06. The molecule has 104 valence electrons. The Bertz CT molecular complexity index is 456. The predicted molar refractivity (Wildman–Crippen MR) is 79.4 cm³/mol. The fourth-order valence-corrected chi connectivity index (χ4v) is 2.74. The molecule has 1 aromatic carbocycles. The van der Waals surface area contributed by atoms with E-state index in [9.17, 15) is 4.79 Å². The van der Waals surface area contributed by atoms with Crippen molar-refractivity contribution < 1.29 is 4.79 Å². The third kappa shape index (κ3) is 3.80. The van der Waals surface area contributed by atoms with E-state index in [1.165, 1.54) is 18.4 Å². The zero-order valence-corrected chi connectivity index (χ0v) is 12.1. The van der Waals surface area contributed by atoms with Gasteiger partial charge in [0.15, 0.2) is 0 Å². The topological polar surface area (TPSA) is 41.1 Å². The Morgan fingerprint density at radius 1 is 1.42 bits per heavy atom. The molecule has 3 heteroatoms. The number of nitrogens with one attached hydrogen (secondary N) is 2. The smallest absolute Gasteiger partial charge is 0.225 e. The van der Waals surface area contributed by atoms with E-state index in [4.69, 9.17) is 0 Å². The van der Waals surface area contributed by atoms with E-state index in [1.807, 2.05) is 19.1 Å². The third-order valence-corrected chi connectivity index (χ3v) is 3.99. The Morgan fingerprint density at radius 3 is 2.89 bits per heavy atom. The molecule has 2 rings (SSSR count). The van der Waals surface area contributed by atoms with Crippen molar-refractivity contribution in [2.45, 2.75) is 46.1 Å². The minimum atomic E-state index is 0.109. The van der Waals surface area contributed by atoms with Crippen LogP contribution in [-0.4, -0.2) is 18.5 Å². The summed E-state index contributed by atoms with van der Waals surface area (Å²) in [4.78, 5) is 12.1. The van der Waals surface area contributed by atoms with Crippen molar-refractivity contribution in [3.63, 3.8) is 0 Å². The zero-order chi connectivity index (χ0) is 13.8. The molecule has 1 aliphatic rings. The predicted octanol–water partition coefficient (Wildman–Crippen LogP) is 3.02. The number of carbonyl (C=O) groups excluding carboxylic acids is 1. The maximum atomic E-state index is 12.1. The van der Waals surface area contributed by atoms with Gasteiger partial charge in [0.05, 0.1) is 0 Å². The minimum Gasteiger partial charge on any atom is -0.326 e. The molecule has 3 nitrogen and oxygen atoms in total. The van der Waals surface area contributed by atoms with Crippen molar-refractivity contribution in [1.82, 2.24) is 5.32 Å². The number of carbonyl (C=O) groups is 1. The van der Waals surface area contributed by atoms with Gasteiger partial charge in [-0.3, -0.25) is 4.79 Å². The average molecular weight is 260 g/mol. The summed E-state index contributed by atoms with van der Waals surface area (Å²) in [6, 6.07) is 6.43. The van der Waals surface area contributed by atoms with Gasteiger partial charge in [-0.15, -0.1) is 0 Å². The van der Waals surface area contributed by atoms with Crippen LogP contribution in [0, 0.1) is 19.8 Å². The maximum Gasteiger partial charge on any atom is 0.225 e. The molecule has 2 atom stereocenters. The standard InChI is InChI=1S/C16H24N2O/c1-11-6-7-14(13(3)9-11)18-16(19)10-15-12(2)5-4-8-17-15/h6-7,9,12,15,17H,4-5,8,10H2,1-3H3,(H,18,19). The van der Waals surface area contributed by atoms with Crippen molar-refractivity contribution in [2.75, 3.05) is 11.9 Å². The van der Waals surface area contributed by atoms with E-state index in [2.05, 4.69) is 30.5 Å². The van der Waals surface area contributed by atoms with E-state index in [0.29, 0.717) is 18.4 Å². The first-order valence-electron chi connectivity index (χ1n) is 7.17. The minimum absolute atomic E-state index is 0.109. The van der Waals surface area contributed by atoms with Crippen LogP contribution in [0.15, 0.2) is 18.2 Å². The van der Waals surface area contributed by atoms with Crippen LogP contribution in [0.1, 0.15) is 37.3 Å². The molecule has 1 aromatic rings. The van der Waals surface area contributed by atoms with Crippen LogP contribution < -0.4 is 10.6 Å². The highest BCUT2D eigenvalue weighted by Crippen LogP contribution is 2.20. The van der Waals surface area contributed by atoms with Crippen LogP contribution in [0.2, 0.25) is 0 Å². The van der Waals surface area contributed by atoms with E-state index < -0.39 is 0 Å². The van der Waals surface area contributed by atoms with Crippen molar-refractivity contribution in [3.8, 4) is 0 Å². The van der Waals surface area contributed by atoms with Crippen LogP contribution in [0.3, 0.4) is 0 Å². The zero-order valence-electron chi connectivity index (χ0n) is 12.1. The SMILES string of the molecule is Cc1ccc(NC(=O)CC2NCCCC2C)c(C)c1. The first kappa shape index (κ1) is 14.1. The number of piperidine rings is 1. The van der Waals surface area contributed by atoms with Crippen molar-refractivity contribution >= 4 is 11.6 Å².